The summed E-state index contributed by atoms with van der Waals surface area (Å²) in [4.78, 5) is 36.6. The van der Waals surface area contributed by atoms with Gasteiger partial charge in [-0.25, -0.2) is 9.59 Å². The summed E-state index contributed by atoms with van der Waals surface area (Å²) in [5.74, 6) is -1.94. The molecule has 0 aliphatic heterocycles. The molecule has 0 aliphatic rings. The fourth-order valence-electron chi connectivity index (χ4n) is 1.56. The maximum absolute atomic E-state index is 11.9. The van der Waals surface area contributed by atoms with Gasteiger partial charge >= 0.3 is 5.97 Å². The van der Waals surface area contributed by atoms with Crippen LogP contribution in [0.15, 0.2) is 4.99 Å². The fourth-order valence-corrected chi connectivity index (χ4v) is 1.56. The van der Waals surface area contributed by atoms with Crippen molar-refractivity contribution in [2.45, 2.75) is 45.2 Å². The zero-order valence-corrected chi connectivity index (χ0v) is 11.3. The molecular weight excluding hydrogens is 250 g/mol. The van der Waals surface area contributed by atoms with Gasteiger partial charge in [0, 0.05) is 0 Å². The van der Waals surface area contributed by atoms with Crippen molar-refractivity contribution in [3.63, 3.8) is 0 Å². The van der Waals surface area contributed by atoms with Crippen molar-refractivity contribution in [1.82, 2.24) is 5.32 Å². The highest BCUT2D eigenvalue weighted by Gasteiger charge is 2.27. The number of aliphatic carboxylic acids is 1. The van der Waals surface area contributed by atoms with Gasteiger partial charge in [-0.3, -0.25) is 4.79 Å². The Labute approximate surface area is 112 Å². The molecule has 0 aromatic heterocycles. The van der Waals surface area contributed by atoms with Crippen molar-refractivity contribution < 1.29 is 19.5 Å². The standard InChI is InChI=1S/C12H21N3O4/c1-8(2)10(12(18)19)15-11(17)9(14-7-16)5-3-4-6-13/h8-10H,3-6,13H2,1-2H3,(H,15,17)(H,18,19)/t9-,10-/m0/s1. The number of isocyanates is 1. The molecule has 0 rings (SSSR count). The largest absolute Gasteiger partial charge is 0.480 e. The maximum atomic E-state index is 11.9. The smallest absolute Gasteiger partial charge is 0.326 e. The molecule has 0 spiro atoms. The van der Waals surface area contributed by atoms with Crippen LogP contribution in [0.3, 0.4) is 0 Å². The number of unbranched alkanes of at least 4 members (excludes halogenated alkanes) is 1. The van der Waals surface area contributed by atoms with Crippen LogP contribution >= 0.6 is 0 Å². The highest BCUT2D eigenvalue weighted by Crippen LogP contribution is 2.07. The van der Waals surface area contributed by atoms with Crippen LogP contribution in [0.5, 0.6) is 0 Å². The molecule has 2 atom stereocenters. The van der Waals surface area contributed by atoms with Crippen LogP contribution in [-0.4, -0.2) is 41.7 Å². The quantitative estimate of drug-likeness (QED) is 0.310. The number of carbonyl (C=O) groups is 2. The van der Waals surface area contributed by atoms with Gasteiger partial charge < -0.3 is 16.2 Å². The lowest BCUT2D eigenvalue weighted by Gasteiger charge is -2.20. The molecule has 0 saturated carbocycles. The second-order valence-electron chi connectivity index (χ2n) is 4.59. The third-order valence-electron chi connectivity index (χ3n) is 2.67. The number of aliphatic imine (C=N–C) groups is 1. The lowest BCUT2D eigenvalue weighted by Crippen LogP contribution is -2.47. The van der Waals surface area contributed by atoms with Crippen molar-refractivity contribution in [2.24, 2.45) is 16.6 Å². The predicted octanol–water partition coefficient (Wildman–Crippen LogP) is 0.0452. The average Bonchev–Trinajstić information content (AvgIpc) is 2.34. The number of hydrogen-bond acceptors (Lipinski definition) is 5. The molecule has 0 fully saturated rings. The SMILES string of the molecule is CC(C)[C@H](NC(=O)[C@H](CCCCN)N=C=O)C(=O)O. The number of carbonyl (C=O) groups excluding carboxylic acids is 2. The third kappa shape index (κ3) is 6.69. The van der Waals surface area contributed by atoms with Gasteiger partial charge in [0.2, 0.25) is 12.0 Å². The number of nitrogens with one attached hydrogen (secondary N) is 1. The molecule has 0 heterocycles. The molecule has 19 heavy (non-hydrogen) atoms. The number of rotatable bonds is 9. The Morgan fingerprint density at radius 3 is 2.42 bits per heavy atom. The van der Waals surface area contributed by atoms with E-state index < -0.39 is 24.0 Å². The molecule has 0 aromatic rings. The van der Waals surface area contributed by atoms with Gasteiger partial charge in [0.1, 0.15) is 12.1 Å². The molecule has 0 aromatic carbocycles. The minimum Gasteiger partial charge on any atom is -0.480 e. The first-order chi connectivity index (χ1) is 8.93. The Hall–Kier alpha value is -1.72. The predicted molar refractivity (Wildman–Crippen MR) is 69.2 cm³/mol. The average molecular weight is 271 g/mol. The second-order valence-corrected chi connectivity index (χ2v) is 4.59. The molecule has 0 aliphatic carbocycles. The van der Waals surface area contributed by atoms with Crippen molar-refractivity contribution in [3.8, 4) is 0 Å². The minimum atomic E-state index is -1.11. The number of amides is 1. The fraction of sp³-hybridized carbons (Fsp3) is 0.750. The van der Waals surface area contributed by atoms with Crippen molar-refractivity contribution in [1.29, 1.82) is 0 Å². The molecule has 1 amide bonds. The number of carboxylic acids is 1. The van der Waals surface area contributed by atoms with Gasteiger partial charge in [0.05, 0.1) is 0 Å². The zero-order chi connectivity index (χ0) is 14.8. The molecule has 4 N–H and O–H groups in total. The topological polar surface area (TPSA) is 122 Å². The molecule has 108 valence electrons. The van der Waals surface area contributed by atoms with Crippen LogP contribution in [0.25, 0.3) is 0 Å². The number of carboxylic acid groups (broad SMARTS) is 1. The van der Waals surface area contributed by atoms with Gasteiger partial charge in [0.15, 0.2) is 0 Å². The molecule has 7 nitrogen and oxygen atoms in total. The van der Waals surface area contributed by atoms with E-state index in [0.717, 1.165) is 0 Å². The molecular formula is C12H21N3O4. The van der Waals surface area contributed by atoms with E-state index in [4.69, 9.17) is 10.8 Å². The van der Waals surface area contributed by atoms with Crippen LogP contribution in [0.2, 0.25) is 0 Å². The summed E-state index contributed by atoms with van der Waals surface area (Å²) >= 11 is 0. The Bertz CT molecular complexity index is 351. The van der Waals surface area contributed by atoms with Crippen molar-refractivity contribution >= 4 is 18.0 Å². The highest BCUT2D eigenvalue weighted by atomic mass is 16.4. The van der Waals surface area contributed by atoms with Gasteiger partial charge in [0.25, 0.3) is 0 Å². The van der Waals surface area contributed by atoms with Gasteiger partial charge in [-0.1, -0.05) is 13.8 Å². The molecule has 7 heteroatoms. The summed E-state index contributed by atoms with van der Waals surface area (Å²) in [6, 6.07) is -1.89. The zero-order valence-electron chi connectivity index (χ0n) is 11.3. The minimum absolute atomic E-state index is 0.258. The monoisotopic (exact) mass is 271 g/mol. The van der Waals surface area contributed by atoms with Crippen LogP contribution in [0, 0.1) is 5.92 Å². The molecule has 0 radical (unpaired) electrons. The first kappa shape index (κ1) is 17.3. The van der Waals surface area contributed by atoms with Crippen LogP contribution in [-0.2, 0) is 14.4 Å². The van der Waals surface area contributed by atoms with Gasteiger partial charge in [-0.15, -0.1) is 0 Å². The first-order valence-electron chi connectivity index (χ1n) is 6.24. The van der Waals surface area contributed by atoms with Crippen molar-refractivity contribution in [2.75, 3.05) is 6.54 Å². The summed E-state index contributed by atoms with van der Waals surface area (Å²) in [5, 5.41) is 11.4. The lowest BCUT2D eigenvalue weighted by molar-refractivity contribution is -0.143. The van der Waals surface area contributed by atoms with E-state index in [2.05, 4.69) is 10.3 Å². The summed E-state index contributed by atoms with van der Waals surface area (Å²) in [6.07, 6.45) is 3.04. The second kappa shape index (κ2) is 9.24. The van der Waals surface area contributed by atoms with Crippen molar-refractivity contribution in [3.05, 3.63) is 0 Å². The van der Waals surface area contributed by atoms with E-state index >= 15 is 0 Å². The van der Waals surface area contributed by atoms with Crippen LogP contribution in [0.1, 0.15) is 33.1 Å². The maximum Gasteiger partial charge on any atom is 0.326 e. The summed E-state index contributed by atoms with van der Waals surface area (Å²) in [5.41, 5.74) is 5.34. The van der Waals surface area contributed by atoms with E-state index in [-0.39, 0.29) is 5.92 Å². The summed E-state index contributed by atoms with van der Waals surface area (Å²) in [6.45, 7) is 3.86. The molecule has 0 bridgehead atoms. The van der Waals surface area contributed by atoms with E-state index in [9.17, 15) is 14.4 Å². The van der Waals surface area contributed by atoms with E-state index in [1.807, 2.05) is 0 Å². The number of hydrogen-bond donors (Lipinski definition) is 3. The van der Waals surface area contributed by atoms with E-state index in [1.54, 1.807) is 13.8 Å². The normalized spacial score (nSPS) is 13.5. The third-order valence-corrected chi connectivity index (χ3v) is 2.67. The highest BCUT2D eigenvalue weighted by molar-refractivity contribution is 5.87. The van der Waals surface area contributed by atoms with Crippen LogP contribution < -0.4 is 11.1 Å². The Balaban J connectivity index is 4.61. The summed E-state index contributed by atoms with van der Waals surface area (Å²) in [7, 11) is 0. The summed E-state index contributed by atoms with van der Waals surface area (Å²) < 4.78 is 0. The Morgan fingerprint density at radius 2 is 2.00 bits per heavy atom. The van der Waals surface area contributed by atoms with E-state index in [1.165, 1.54) is 6.08 Å². The Morgan fingerprint density at radius 1 is 1.37 bits per heavy atom. The number of nitrogens with zero attached hydrogens (tertiary/aromatic N) is 1. The van der Waals surface area contributed by atoms with Crippen LogP contribution in [0.4, 0.5) is 0 Å². The molecule has 0 unspecified atom stereocenters. The number of nitrogens with two attached hydrogens (primary N) is 1. The van der Waals surface area contributed by atoms with Gasteiger partial charge in [-0.05, 0) is 31.7 Å². The lowest BCUT2D eigenvalue weighted by atomic mass is 10.0. The van der Waals surface area contributed by atoms with E-state index in [0.29, 0.717) is 25.8 Å². The first-order valence-corrected chi connectivity index (χ1v) is 6.24. The molecule has 0 saturated heterocycles. The Kier molecular flexibility index (Phi) is 8.41. The van der Waals surface area contributed by atoms with Gasteiger partial charge in [-0.2, -0.15) is 4.99 Å².